The van der Waals surface area contributed by atoms with Crippen LogP contribution in [0.5, 0.6) is 5.75 Å². The summed E-state index contributed by atoms with van der Waals surface area (Å²) in [6.45, 7) is 1.92. The van der Waals surface area contributed by atoms with Crippen molar-refractivity contribution < 1.29 is 31.9 Å². The number of methoxy groups -OCH3 is 1. The fourth-order valence-corrected chi connectivity index (χ4v) is 3.45. The van der Waals surface area contributed by atoms with Crippen molar-refractivity contribution in [3.8, 4) is 5.75 Å². The lowest BCUT2D eigenvalue weighted by Gasteiger charge is -2.13. The van der Waals surface area contributed by atoms with Gasteiger partial charge in [-0.3, -0.25) is 9.59 Å². The number of hydrogen-bond acceptors (Lipinski definition) is 6. The lowest BCUT2D eigenvalue weighted by molar-refractivity contribution is -0.116. The summed E-state index contributed by atoms with van der Waals surface area (Å²) in [5, 5.41) is 0. The molecule has 136 valence electrons. The minimum atomic E-state index is -3.99. The molecule has 8 heteroatoms. The summed E-state index contributed by atoms with van der Waals surface area (Å²) in [7, 11) is -2.89. The molecule has 1 aromatic rings. The zero-order valence-electron chi connectivity index (χ0n) is 14.2. The highest BCUT2D eigenvalue weighted by Gasteiger charge is 2.37. The molecule has 0 spiro atoms. The summed E-state index contributed by atoms with van der Waals surface area (Å²) in [5.74, 6) is -2.96. The molecule has 0 amide bonds. The van der Waals surface area contributed by atoms with E-state index in [0.29, 0.717) is 12.8 Å². The molecule has 0 unspecified atom stereocenters. The van der Waals surface area contributed by atoms with E-state index in [1.807, 2.05) is 0 Å². The number of sulfone groups is 1. The number of halogens is 1. The zero-order valence-corrected chi connectivity index (χ0v) is 15.0. The van der Waals surface area contributed by atoms with Crippen LogP contribution in [-0.4, -0.2) is 40.0 Å². The summed E-state index contributed by atoms with van der Waals surface area (Å²) in [6, 6.07) is 1.97. The largest absolute Gasteiger partial charge is 0.501 e. The monoisotopic (exact) mass is 370 g/mol. The third-order valence-electron chi connectivity index (χ3n) is 3.71. The van der Waals surface area contributed by atoms with Gasteiger partial charge >= 0.3 is 0 Å². The van der Waals surface area contributed by atoms with Gasteiger partial charge in [0.05, 0.1) is 20.0 Å². The second-order valence-electron chi connectivity index (χ2n) is 5.68. The lowest BCUT2D eigenvalue weighted by atomic mass is 9.98. The van der Waals surface area contributed by atoms with E-state index in [9.17, 15) is 22.4 Å². The van der Waals surface area contributed by atoms with Gasteiger partial charge in [0.25, 0.3) is 0 Å². The Hall–Kier alpha value is -2.22. The molecule has 1 saturated carbocycles. The third kappa shape index (κ3) is 4.07. The first-order valence-electron chi connectivity index (χ1n) is 7.69. The number of Topliss-reactive ketones (excluding diaryl/α,β-unsaturated/α-hetero) is 2. The predicted octanol–water partition coefficient (Wildman–Crippen LogP) is 2.32. The molecule has 0 saturated heterocycles. The second kappa shape index (κ2) is 7.35. The van der Waals surface area contributed by atoms with Gasteiger partial charge in [0, 0.05) is 17.7 Å². The van der Waals surface area contributed by atoms with Gasteiger partial charge in [-0.05, 0) is 31.9 Å². The molecule has 0 bridgehead atoms. The van der Waals surface area contributed by atoms with Crippen molar-refractivity contribution in [1.29, 1.82) is 0 Å². The summed E-state index contributed by atoms with van der Waals surface area (Å²) in [6.07, 6.45) is 3.23. The van der Waals surface area contributed by atoms with Crippen LogP contribution in [0, 0.1) is 11.7 Å². The maximum atomic E-state index is 13.9. The molecule has 0 N–H and O–H groups in total. The van der Waals surface area contributed by atoms with Crippen LogP contribution in [0.3, 0.4) is 0 Å². The molecule has 1 aliphatic rings. The van der Waals surface area contributed by atoms with E-state index in [4.69, 9.17) is 9.47 Å². The summed E-state index contributed by atoms with van der Waals surface area (Å²) >= 11 is 0. The Morgan fingerprint density at radius 2 is 1.96 bits per heavy atom. The van der Waals surface area contributed by atoms with Gasteiger partial charge < -0.3 is 9.47 Å². The van der Waals surface area contributed by atoms with Crippen LogP contribution < -0.4 is 4.74 Å². The van der Waals surface area contributed by atoms with Gasteiger partial charge in [0.15, 0.2) is 27.2 Å². The van der Waals surface area contributed by atoms with E-state index in [-0.39, 0.29) is 23.7 Å². The number of ether oxygens (including phenoxy) is 2. The normalized spacial score (nSPS) is 15.0. The molecular formula is C17H19FO6S. The van der Waals surface area contributed by atoms with Crippen molar-refractivity contribution in [1.82, 2.24) is 0 Å². The van der Waals surface area contributed by atoms with Crippen LogP contribution in [0.4, 0.5) is 4.39 Å². The highest BCUT2D eigenvalue weighted by molar-refractivity contribution is 7.91. The topological polar surface area (TPSA) is 86.7 Å². The Morgan fingerprint density at radius 3 is 2.44 bits per heavy atom. The highest BCUT2D eigenvalue weighted by atomic mass is 32.2. The van der Waals surface area contributed by atoms with Crippen molar-refractivity contribution in [3.63, 3.8) is 0 Å². The lowest BCUT2D eigenvalue weighted by Crippen LogP contribution is -2.19. The van der Waals surface area contributed by atoms with Crippen molar-refractivity contribution in [2.75, 3.05) is 20.0 Å². The molecule has 25 heavy (non-hydrogen) atoms. The quantitative estimate of drug-likeness (QED) is 0.229. The Labute approximate surface area is 145 Å². The summed E-state index contributed by atoms with van der Waals surface area (Å²) in [4.78, 5) is 24.7. The molecule has 0 aromatic heterocycles. The standard InChI is InChI=1S/C17H19FO6S/c1-4-24-9-12(14(19)10-5-6-10)15(20)11-7-8-13(18)16(23-2)17(11)25(3,21)22/h7-10H,4-6H2,1-3H3. The van der Waals surface area contributed by atoms with Gasteiger partial charge in [0.2, 0.25) is 5.78 Å². The maximum Gasteiger partial charge on any atom is 0.201 e. The van der Waals surface area contributed by atoms with Crippen molar-refractivity contribution in [2.45, 2.75) is 24.7 Å². The van der Waals surface area contributed by atoms with E-state index >= 15 is 0 Å². The van der Waals surface area contributed by atoms with Crippen LogP contribution in [0.1, 0.15) is 30.1 Å². The number of benzene rings is 1. The van der Waals surface area contributed by atoms with Gasteiger partial charge in [0.1, 0.15) is 10.5 Å². The van der Waals surface area contributed by atoms with E-state index in [1.54, 1.807) is 6.92 Å². The molecule has 6 nitrogen and oxygen atoms in total. The first-order chi connectivity index (χ1) is 11.7. The fraction of sp³-hybridized carbons (Fsp3) is 0.412. The number of hydrogen-bond donors (Lipinski definition) is 0. The summed E-state index contributed by atoms with van der Waals surface area (Å²) < 4.78 is 48.1. The smallest absolute Gasteiger partial charge is 0.201 e. The molecule has 0 aliphatic heterocycles. The first-order valence-corrected chi connectivity index (χ1v) is 9.58. The first kappa shape index (κ1) is 19.1. The minimum Gasteiger partial charge on any atom is -0.501 e. The second-order valence-corrected chi connectivity index (χ2v) is 7.64. The Balaban J connectivity index is 2.62. The van der Waals surface area contributed by atoms with E-state index in [2.05, 4.69) is 0 Å². The molecular weight excluding hydrogens is 351 g/mol. The van der Waals surface area contributed by atoms with Gasteiger partial charge in [-0.2, -0.15) is 0 Å². The van der Waals surface area contributed by atoms with Crippen molar-refractivity contribution in [3.05, 3.63) is 35.3 Å². The maximum absolute atomic E-state index is 13.9. The highest BCUT2D eigenvalue weighted by Crippen LogP contribution is 2.36. The number of carbonyl (C=O) groups is 2. The average molecular weight is 370 g/mol. The SMILES string of the molecule is CCOC=C(C(=O)c1ccc(F)c(OC)c1S(C)(=O)=O)C(=O)C1CC1. The van der Waals surface area contributed by atoms with Crippen molar-refractivity contribution in [2.24, 2.45) is 5.92 Å². The number of rotatable bonds is 8. The molecule has 1 aromatic carbocycles. The van der Waals surface area contributed by atoms with Crippen LogP contribution >= 0.6 is 0 Å². The van der Waals surface area contributed by atoms with Crippen LogP contribution in [0.15, 0.2) is 28.9 Å². The Bertz CT molecular complexity index is 837. The number of carbonyl (C=O) groups excluding carboxylic acids is 2. The molecule has 0 heterocycles. The molecule has 2 rings (SSSR count). The molecule has 0 atom stereocenters. The molecule has 1 fully saturated rings. The van der Waals surface area contributed by atoms with Gasteiger partial charge in [-0.15, -0.1) is 0 Å². The number of ketones is 2. The van der Waals surface area contributed by atoms with Gasteiger partial charge in [-0.25, -0.2) is 12.8 Å². The third-order valence-corrected chi connectivity index (χ3v) is 4.86. The predicted molar refractivity (Wildman–Crippen MR) is 87.8 cm³/mol. The average Bonchev–Trinajstić information content (AvgIpc) is 3.38. The number of allylic oxidation sites excluding steroid dienone is 1. The molecule has 1 aliphatic carbocycles. The molecule has 0 radical (unpaired) electrons. The Kier molecular flexibility index (Phi) is 5.62. The zero-order chi connectivity index (χ0) is 18.8. The van der Waals surface area contributed by atoms with Crippen molar-refractivity contribution >= 4 is 21.4 Å². The Morgan fingerprint density at radius 1 is 1.32 bits per heavy atom. The van der Waals surface area contributed by atoms with Gasteiger partial charge in [-0.1, -0.05) is 0 Å². The van der Waals surface area contributed by atoms with Crippen LogP contribution in [0.25, 0.3) is 0 Å². The van der Waals surface area contributed by atoms with Crippen LogP contribution in [0.2, 0.25) is 0 Å². The minimum absolute atomic E-state index is 0.237. The van der Waals surface area contributed by atoms with E-state index < -0.39 is 37.9 Å². The summed E-state index contributed by atoms with van der Waals surface area (Å²) in [5.41, 5.74) is -0.566. The fourth-order valence-electron chi connectivity index (χ4n) is 2.38. The van der Waals surface area contributed by atoms with Crippen LogP contribution in [-0.2, 0) is 19.4 Å². The van der Waals surface area contributed by atoms with E-state index in [0.717, 1.165) is 31.8 Å². The van der Waals surface area contributed by atoms with E-state index in [1.165, 1.54) is 0 Å².